The van der Waals surface area contributed by atoms with Gasteiger partial charge in [0.05, 0.1) is 11.1 Å². The first kappa shape index (κ1) is 15.0. The number of aryl methyl sites for hydroxylation is 2. The Kier molecular flexibility index (Phi) is 3.87. The van der Waals surface area contributed by atoms with Crippen LogP contribution in [0.25, 0.3) is 11.3 Å². The minimum absolute atomic E-state index is 0.189. The summed E-state index contributed by atoms with van der Waals surface area (Å²) >= 11 is 3.51. The van der Waals surface area contributed by atoms with Crippen molar-refractivity contribution in [1.82, 2.24) is 9.78 Å². The molecule has 0 atom stereocenters. The molecule has 1 aromatic heterocycles. The number of aromatic nitrogens is 2. The fourth-order valence-electron chi connectivity index (χ4n) is 2.33. The largest absolute Gasteiger partial charge is 0.298 e. The van der Waals surface area contributed by atoms with E-state index in [0.717, 1.165) is 33.3 Å². The Balaban J connectivity index is 2.79. The second kappa shape index (κ2) is 5.17. The van der Waals surface area contributed by atoms with Crippen molar-refractivity contribution >= 4 is 22.2 Å². The maximum atomic E-state index is 11.5. The molecule has 2 aromatic rings. The number of carbonyl (C=O) groups is 1. The molecular formula is C16H19BrN2O. The molecule has 20 heavy (non-hydrogen) atoms. The summed E-state index contributed by atoms with van der Waals surface area (Å²) in [5.74, 6) is 0. The van der Waals surface area contributed by atoms with Crippen molar-refractivity contribution in [3.8, 4) is 11.3 Å². The van der Waals surface area contributed by atoms with Crippen molar-refractivity contribution in [2.45, 2.75) is 40.2 Å². The van der Waals surface area contributed by atoms with Gasteiger partial charge in [-0.1, -0.05) is 18.2 Å². The summed E-state index contributed by atoms with van der Waals surface area (Å²) in [6.07, 6.45) is 0.876. The summed E-state index contributed by atoms with van der Waals surface area (Å²) in [4.78, 5) is 11.5. The van der Waals surface area contributed by atoms with Gasteiger partial charge in [0.1, 0.15) is 10.3 Å². The number of nitrogens with zero attached hydrogens (tertiary/aromatic N) is 2. The Morgan fingerprint density at radius 1 is 1.20 bits per heavy atom. The first-order valence-electron chi connectivity index (χ1n) is 6.58. The highest BCUT2D eigenvalue weighted by atomic mass is 79.9. The predicted octanol–water partition coefficient (Wildman–Crippen LogP) is 4.50. The summed E-state index contributed by atoms with van der Waals surface area (Å²) in [6.45, 7) is 10.3. The monoisotopic (exact) mass is 334 g/mol. The third kappa shape index (κ3) is 2.44. The van der Waals surface area contributed by atoms with Gasteiger partial charge in [-0.15, -0.1) is 0 Å². The zero-order chi connectivity index (χ0) is 15.1. The Hall–Kier alpha value is -1.42. The maximum Gasteiger partial charge on any atom is 0.155 e. The van der Waals surface area contributed by atoms with Gasteiger partial charge in [-0.2, -0.15) is 5.10 Å². The van der Waals surface area contributed by atoms with E-state index in [1.165, 1.54) is 0 Å². The standard InChI is InChI=1S/C16H19BrN2O/c1-10-7-6-8-11(2)13(10)14-12(9-20)15(17)19(18-14)16(3,4)5/h6-9H,1-5H3. The number of aldehydes is 1. The van der Waals surface area contributed by atoms with Gasteiger partial charge >= 0.3 is 0 Å². The maximum absolute atomic E-state index is 11.5. The third-order valence-corrected chi connectivity index (χ3v) is 4.10. The Labute approximate surface area is 128 Å². The Morgan fingerprint density at radius 2 is 1.75 bits per heavy atom. The summed E-state index contributed by atoms with van der Waals surface area (Å²) in [6, 6.07) is 6.10. The molecule has 0 aliphatic rings. The lowest BCUT2D eigenvalue weighted by molar-refractivity contribution is 0.112. The molecule has 0 bridgehead atoms. The van der Waals surface area contributed by atoms with Crippen molar-refractivity contribution in [2.24, 2.45) is 0 Å². The lowest BCUT2D eigenvalue weighted by Gasteiger charge is -2.20. The molecule has 0 aliphatic heterocycles. The quantitative estimate of drug-likeness (QED) is 0.758. The molecule has 0 radical (unpaired) electrons. The first-order valence-corrected chi connectivity index (χ1v) is 7.37. The van der Waals surface area contributed by atoms with E-state index in [2.05, 4.69) is 41.8 Å². The van der Waals surface area contributed by atoms with Gasteiger partial charge in [0, 0.05) is 5.56 Å². The van der Waals surface area contributed by atoms with Crippen LogP contribution in [-0.2, 0) is 5.54 Å². The number of carbonyl (C=O) groups excluding carboxylic acids is 1. The molecular weight excluding hydrogens is 316 g/mol. The zero-order valence-corrected chi connectivity index (χ0v) is 14.1. The van der Waals surface area contributed by atoms with Gasteiger partial charge in [-0.05, 0) is 61.7 Å². The SMILES string of the molecule is Cc1cccc(C)c1-c1nn(C(C)(C)C)c(Br)c1C=O. The topological polar surface area (TPSA) is 34.9 Å². The van der Waals surface area contributed by atoms with Crippen LogP contribution in [0, 0.1) is 13.8 Å². The molecule has 4 heteroatoms. The second-order valence-corrected chi connectivity index (χ2v) is 6.77. The summed E-state index contributed by atoms with van der Waals surface area (Å²) in [7, 11) is 0. The highest BCUT2D eigenvalue weighted by molar-refractivity contribution is 9.10. The van der Waals surface area contributed by atoms with Crippen LogP contribution in [0.5, 0.6) is 0 Å². The average molecular weight is 335 g/mol. The third-order valence-electron chi connectivity index (χ3n) is 3.33. The molecule has 2 rings (SSSR count). The molecule has 0 fully saturated rings. The summed E-state index contributed by atoms with van der Waals surface area (Å²) in [5, 5.41) is 4.68. The molecule has 0 amide bonds. The summed E-state index contributed by atoms with van der Waals surface area (Å²) in [5.41, 5.74) is 4.46. The molecule has 0 saturated carbocycles. The molecule has 106 valence electrons. The minimum atomic E-state index is -0.189. The Morgan fingerprint density at radius 3 is 2.20 bits per heavy atom. The van der Waals surface area contributed by atoms with Crippen LogP contribution < -0.4 is 0 Å². The van der Waals surface area contributed by atoms with Crippen LogP contribution in [0.1, 0.15) is 42.3 Å². The Bertz CT molecular complexity index is 646. The molecule has 3 nitrogen and oxygen atoms in total. The van der Waals surface area contributed by atoms with E-state index in [-0.39, 0.29) is 5.54 Å². The highest BCUT2D eigenvalue weighted by Gasteiger charge is 2.25. The fourth-order valence-corrected chi connectivity index (χ4v) is 3.22. The number of hydrogen-bond donors (Lipinski definition) is 0. The van der Waals surface area contributed by atoms with Crippen molar-refractivity contribution < 1.29 is 4.79 Å². The molecule has 1 aromatic carbocycles. The van der Waals surface area contributed by atoms with Crippen LogP contribution >= 0.6 is 15.9 Å². The molecule has 0 saturated heterocycles. The summed E-state index contributed by atoms with van der Waals surface area (Å²) < 4.78 is 2.59. The van der Waals surface area contributed by atoms with E-state index in [1.807, 2.05) is 36.7 Å². The number of benzene rings is 1. The van der Waals surface area contributed by atoms with Crippen LogP contribution in [0.15, 0.2) is 22.8 Å². The van der Waals surface area contributed by atoms with Crippen molar-refractivity contribution in [3.63, 3.8) is 0 Å². The van der Waals surface area contributed by atoms with E-state index in [4.69, 9.17) is 0 Å². The van der Waals surface area contributed by atoms with Crippen LogP contribution in [0.3, 0.4) is 0 Å². The predicted molar refractivity (Wildman–Crippen MR) is 85.2 cm³/mol. The van der Waals surface area contributed by atoms with Crippen molar-refractivity contribution in [3.05, 3.63) is 39.5 Å². The van der Waals surface area contributed by atoms with Gasteiger partial charge in [-0.3, -0.25) is 9.48 Å². The van der Waals surface area contributed by atoms with Gasteiger partial charge in [0.2, 0.25) is 0 Å². The average Bonchev–Trinajstić information content (AvgIpc) is 2.66. The van der Waals surface area contributed by atoms with Crippen LogP contribution in [-0.4, -0.2) is 16.1 Å². The fraction of sp³-hybridized carbons (Fsp3) is 0.375. The smallest absolute Gasteiger partial charge is 0.155 e. The number of hydrogen-bond acceptors (Lipinski definition) is 2. The molecule has 0 spiro atoms. The van der Waals surface area contributed by atoms with Gasteiger partial charge in [0.15, 0.2) is 6.29 Å². The number of rotatable bonds is 2. The lowest BCUT2D eigenvalue weighted by atomic mass is 9.98. The van der Waals surface area contributed by atoms with Crippen LogP contribution in [0.4, 0.5) is 0 Å². The van der Waals surface area contributed by atoms with Gasteiger partial charge < -0.3 is 0 Å². The van der Waals surface area contributed by atoms with E-state index in [9.17, 15) is 4.79 Å². The molecule has 0 N–H and O–H groups in total. The van der Waals surface area contributed by atoms with Crippen LogP contribution in [0.2, 0.25) is 0 Å². The lowest BCUT2D eigenvalue weighted by Crippen LogP contribution is -2.23. The normalized spacial score (nSPS) is 11.7. The van der Waals surface area contributed by atoms with Gasteiger partial charge in [0.25, 0.3) is 0 Å². The van der Waals surface area contributed by atoms with E-state index in [1.54, 1.807) is 0 Å². The highest BCUT2D eigenvalue weighted by Crippen LogP contribution is 2.34. The van der Waals surface area contributed by atoms with Crippen molar-refractivity contribution in [2.75, 3.05) is 0 Å². The zero-order valence-electron chi connectivity index (χ0n) is 12.5. The number of halogens is 1. The minimum Gasteiger partial charge on any atom is -0.298 e. The van der Waals surface area contributed by atoms with Crippen molar-refractivity contribution in [1.29, 1.82) is 0 Å². The van der Waals surface area contributed by atoms with E-state index < -0.39 is 0 Å². The van der Waals surface area contributed by atoms with E-state index in [0.29, 0.717) is 5.56 Å². The molecule has 1 heterocycles. The molecule has 0 aliphatic carbocycles. The second-order valence-electron chi connectivity index (χ2n) is 6.02. The van der Waals surface area contributed by atoms with Gasteiger partial charge in [-0.25, -0.2) is 0 Å². The van der Waals surface area contributed by atoms with E-state index >= 15 is 0 Å². The molecule has 0 unspecified atom stereocenters. The first-order chi connectivity index (χ1) is 9.27.